The number of phenols is 1. The van der Waals surface area contributed by atoms with Gasteiger partial charge in [0.1, 0.15) is 5.75 Å². The first-order chi connectivity index (χ1) is 24.7. The summed E-state index contributed by atoms with van der Waals surface area (Å²) in [6.45, 7) is 5.07. The number of anilines is 1. The number of carbonyl (C=O) groups is 2. The SMILES string of the molecule is C[C@]12CC[C@@H]3c4ccc(O)cc4C[C@@H](CCCCCCNC(=O)CCCNC(=O)CCCc4ccc(N(CCCl)CCCl)cc4)[C@H]3[C@@H]1CC[C@@H]2O. The van der Waals surface area contributed by atoms with Crippen molar-refractivity contribution in [2.45, 2.75) is 115 Å². The fraction of sp³-hybridized carbons (Fsp3) is 0.667. The Kier molecular flexibility index (Phi) is 15.2. The van der Waals surface area contributed by atoms with Crippen LogP contribution in [0.4, 0.5) is 5.69 Å². The molecule has 9 heteroatoms. The number of aryl methyl sites for hydroxylation is 1. The van der Waals surface area contributed by atoms with Crippen LogP contribution in [0.1, 0.15) is 113 Å². The normalized spacial score (nSPS) is 25.1. The molecule has 7 nitrogen and oxygen atoms in total. The standard InChI is InChI=1S/C42H61Cl2N3O4/c1-42-21-20-36-35-17-16-34(48)29-32(35)28-31(41(36)37(42)18-19-38(42)49)9-4-2-3-5-24-45-40(51)11-7-25-46-39(50)10-6-8-30-12-14-33(15-13-30)47(26-22-43)27-23-44/h12-17,29,31,36-38,41,48-49H,2-11,18-28H2,1H3,(H,45,51)(H,46,50)/t31-,36-,37+,38+,41-,42+/m1/s1. The van der Waals surface area contributed by atoms with E-state index in [4.69, 9.17) is 23.2 Å². The van der Waals surface area contributed by atoms with E-state index in [1.54, 1.807) is 0 Å². The van der Waals surface area contributed by atoms with E-state index in [9.17, 15) is 19.8 Å². The maximum atomic E-state index is 12.4. The second kappa shape index (κ2) is 19.6. The quantitative estimate of drug-likeness (QED) is 0.0812. The highest BCUT2D eigenvalue weighted by atomic mass is 35.5. The third kappa shape index (κ3) is 10.6. The van der Waals surface area contributed by atoms with Crippen molar-refractivity contribution in [3.63, 3.8) is 0 Å². The molecule has 5 rings (SSSR count). The zero-order chi connectivity index (χ0) is 36.2. The lowest BCUT2D eigenvalue weighted by atomic mass is 9.52. The summed E-state index contributed by atoms with van der Waals surface area (Å²) in [5.41, 5.74) is 5.13. The first-order valence-corrected chi connectivity index (χ1v) is 20.8. The second-order valence-electron chi connectivity index (χ2n) is 15.7. The largest absolute Gasteiger partial charge is 0.508 e. The van der Waals surface area contributed by atoms with Crippen LogP contribution in [0, 0.1) is 23.2 Å². The van der Waals surface area contributed by atoms with Crippen molar-refractivity contribution < 1.29 is 19.8 Å². The fourth-order valence-electron chi connectivity index (χ4n) is 9.70. The molecule has 4 N–H and O–H groups in total. The minimum absolute atomic E-state index is 0.0341. The monoisotopic (exact) mass is 741 g/mol. The van der Waals surface area contributed by atoms with E-state index in [-0.39, 0.29) is 23.3 Å². The topological polar surface area (TPSA) is 102 Å². The van der Waals surface area contributed by atoms with Gasteiger partial charge in [-0.15, -0.1) is 23.2 Å². The minimum Gasteiger partial charge on any atom is -0.508 e. The molecule has 2 aromatic carbocycles. The van der Waals surface area contributed by atoms with Crippen LogP contribution in [0.3, 0.4) is 0 Å². The molecular formula is C42H61Cl2N3O4. The van der Waals surface area contributed by atoms with Gasteiger partial charge in [0.15, 0.2) is 0 Å². The van der Waals surface area contributed by atoms with Gasteiger partial charge in [-0.25, -0.2) is 0 Å². The Balaban J connectivity index is 0.917. The molecule has 2 saturated carbocycles. The molecule has 2 amide bonds. The Hall–Kier alpha value is -2.48. The summed E-state index contributed by atoms with van der Waals surface area (Å²) in [6, 6.07) is 14.4. The first-order valence-electron chi connectivity index (χ1n) is 19.7. The van der Waals surface area contributed by atoms with E-state index in [0.717, 1.165) is 83.0 Å². The van der Waals surface area contributed by atoms with Gasteiger partial charge in [0.2, 0.25) is 11.8 Å². The zero-order valence-electron chi connectivity index (χ0n) is 30.7. The number of aliphatic hydroxyl groups excluding tert-OH is 1. The van der Waals surface area contributed by atoms with Crippen LogP contribution in [0.2, 0.25) is 0 Å². The van der Waals surface area contributed by atoms with Gasteiger partial charge < -0.3 is 25.7 Å². The van der Waals surface area contributed by atoms with Crippen molar-refractivity contribution >= 4 is 40.7 Å². The molecule has 0 spiro atoms. The van der Waals surface area contributed by atoms with E-state index in [1.165, 1.54) is 29.5 Å². The lowest BCUT2D eigenvalue weighted by molar-refractivity contribution is -0.123. The Morgan fingerprint density at radius 2 is 1.55 bits per heavy atom. The molecule has 6 atom stereocenters. The average molecular weight is 743 g/mol. The van der Waals surface area contributed by atoms with Gasteiger partial charge in [0.25, 0.3) is 0 Å². The molecule has 0 bridgehead atoms. The number of nitrogens with one attached hydrogen (secondary N) is 2. The maximum absolute atomic E-state index is 12.4. The highest BCUT2D eigenvalue weighted by Gasteiger charge is 2.56. The summed E-state index contributed by atoms with van der Waals surface area (Å²) in [7, 11) is 0. The summed E-state index contributed by atoms with van der Waals surface area (Å²) in [5.74, 6) is 3.90. The van der Waals surface area contributed by atoms with E-state index >= 15 is 0 Å². The first kappa shape index (κ1) is 39.7. The van der Waals surface area contributed by atoms with Gasteiger partial charge >= 0.3 is 0 Å². The van der Waals surface area contributed by atoms with Gasteiger partial charge in [0, 0.05) is 56.5 Å². The van der Waals surface area contributed by atoms with Gasteiger partial charge in [0.05, 0.1) is 6.10 Å². The van der Waals surface area contributed by atoms with Crippen LogP contribution >= 0.6 is 23.2 Å². The Bertz CT molecular complexity index is 1400. The summed E-state index contributed by atoms with van der Waals surface area (Å²) in [4.78, 5) is 26.9. The minimum atomic E-state index is -0.175. The number of nitrogens with zero attached hydrogens (tertiary/aromatic N) is 1. The molecule has 51 heavy (non-hydrogen) atoms. The van der Waals surface area contributed by atoms with Gasteiger partial charge in [-0.1, -0.05) is 44.4 Å². The van der Waals surface area contributed by atoms with Crippen LogP contribution in [0.25, 0.3) is 0 Å². The molecule has 3 aliphatic carbocycles. The number of hydrogen-bond acceptors (Lipinski definition) is 5. The number of hydrogen-bond donors (Lipinski definition) is 4. The van der Waals surface area contributed by atoms with Crippen LogP contribution in [0.5, 0.6) is 5.75 Å². The third-order valence-electron chi connectivity index (χ3n) is 12.4. The molecular weight excluding hydrogens is 681 g/mol. The number of amides is 2. The molecule has 0 saturated heterocycles. The second-order valence-corrected chi connectivity index (χ2v) is 16.4. The van der Waals surface area contributed by atoms with Crippen molar-refractivity contribution in [2.24, 2.45) is 23.2 Å². The number of fused-ring (bicyclic) bond motifs is 5. The summed E-state index contributed by atoms with van der Waals surface area (Å²) < 4.78 is 0. The number of aromatic hydroxyl groups is 1. The molecule has 2 aromatic rings. The number of rotatable bonds is 20. The number of benzene rings is 2. The van der Waals surface area contributed by atoms with Gasteiger partial charge in [-0.3, -0.25) is 9.59 Å². The molecule has 0 unspecified atom stereocenters. The number of halogens is 2. The zero-order valence-corrected chi connectivity index (χ0v) is 32.2. The number of aliphatic hydroxyl groups is 1. The molecule has 0 aromatic heterocycles. The van der Waals surface area contributed by atoms with E-state index in [0.29, 0.717) is 73.5 Å². The fourth-order valence-corrected chi connectivity index (χ4v) is 10.1. The summed E-state index contributed by atoms with van der Waals surface area (Å²) >= 11 is 11.8. The van der Waals surface area contributed by atoms with E-state index in [1.807, 2.05) is 12.1 Å². The molecule has 3 aliphatic rings. The van der Waals surface area contributed by atoms with Crippen LogP contribution in [-0.4, -0.2) is 66.1 Å². The molecule has 2 fully saturated rings. The molecule has 0 heterocycles. The number of phenolic OH excluding ortho intramolecular Hbond substituents is 1. The van der Waals surface area contributed by atoms with Crippen molar-refractivity contribution in [3.8, 4) is 5.75 Å². The average Bonchev–Trinajstić information content (AvgIpc) is 3.43. The summed E-state index contributed by atoms with van der Waals surface area (Å²) in [5, 5.41) is 27.2. The van der Waals surface area contributed by atoms with Crippen molar-refractivity contribution in [1.82, 2.24) is 10.6 Å². The molecule has 282 valence electrons. The summed E-state index contributed by atoms with van der Waals surface area (Å²) in [6.07, 6.45) is 13.9. The molecule has 0 aliphatic heterocycles. The van der Waals surface area contributed by atoms with Crippen molar-refractivity contribution in [3.05, 3.63) is 59.2 Å². The number of alkyl halides is 2. The van der Waals surface area contributed by atoms with Crippen LogP contribution in [-0.2, 0) is 22.4 Å². The highest BCUT2D eigenvalue weighted by Crippen LogP contribution is 2.62. The lowest BCUT2D eigenvalue weighted by Crippen LogP contribution is -2.47. The van der Waals surface area contributed by atoms with Crippen molar-refractivity contribution in [1.29, 1.82) is 0 Å². The maximum Gasteiger partial charge on any atom is 0.220 e. The van der Waals surface area contributed by atoms with Crippen LogP contribution in [0.15, 0.2) is 42.5 Å². The van der Waals surface area contributed by atoms with Gasteiger partial charge in [-0.05, 0) is 134 Å². The number of unbranched alkanes of at least 4 members (excludes halogenated alkanes) is 3. The smallest absolute Gasteiger partial charge is 0.220 e. The molecule has 0 radical (unpaired) electrons. The van der Waals surface area contributed by atoms with Gasteiger partial charge in [-0.2, -0.15) is 0 Å². The Morgan fingerprint density at radius 3 is 2.27 bits per heavy atom. The predicted octanol–water partition coefficient (Wildman–Crippen LogP) is 8.11. The Labute approximate surface area is 316 Å². The van der Waals surface area contributed by atoms with Crippen molar-refractivity contribution in [2.75, 3.05) is 42.8 Å². The third-order valence-corrected chi connectivity index (χ3v) is 12.8. The van der Waals surface area contributed by atoms with Crippen LogP contribution < -0.4 is 15.5 Å². The predicted molar refractivity (Wildman–Crippen MR) is 209 cm³/mol. The van der Waals surface area contributed by atoms with E-state index in [2.05, 4.69) is 52.8 Å². The Morgan fingerprint density at radius 1 is 0.863 bits per heavy atom. The van der Waals surface area contributed by atoms with E-state index < -0.39 is 0 Å². The number of carbonyl (C=O) groups excluding carboxylic acids is 2. The lowest BCUT2D eigenvalue weighted by Gasteiger charge is -2.53. The highest BCUT2D eigenvalue weighted by molar-refractivity contribution is 6.18.